The van der Waals surface area contributed by atoms with Gasteiger partial charge in [0, 0.05) is 0 Å². The molecule has 0 rings (SSSR count). The number of hydrogen-bond acceptors (Lipinski definition) is 2. The van der Waals surface area contributed by atoms with Crippen molar-refractivity contribution >= 4 is 0 Å². The van der Waals surface area contributed by atoms with Gasteiger partial charge in [0.25, 0.3) is 0 Å². The molecule has 2 heteroatoms. The van der Waals surface area contributed by atoms with Crippen molar-refractivity contribution in [2.24, 2.45) is 0 Å². The largest absolute Gasteiger partial charge is 0.371 e. The summed E-state index contributed by atoms with van der Waals surface area (Å²) in [6.45, 7) is 2.56. The molecular weight excluding hydrogens is 152 g/mol. The summed E-state index contributed by atoms with van der Waals surface area (Å²) in [6, 6.07) is 0. The van der Waals surface area contributed by atoms with Crippen LogP contribution in [-0.2, 0) is 4.74 Å². The molecule has 0 spiro atoms. The van der Waals surface area contributed by atoms with Gasteiger partial charge in [-0.25, -0.2) is 0 Å². The maximum Gasteiger partial charge on any atom is 0.143 e. The smallest absolute Gasteiger partial charge is 0.143 e. The summed E-state index contributed by atoms with van der Waals surface area (Å²) in [6.07, 6.45) is 10.4. The summed E-state index contributed by atoms with van der Waals surface area (Å²) < 4.78 is 4.73. The van der Waals surface area contributed by atoms with Crippen molar-refractivity contribution in [3.05, 3.63) is 12.2 Å². The van der Waals surface area contributed by atoms with E-state index in [4.69, 9.17) is 9.84 Å². The maximum atomic E-state index is 8.28. The molecule has 0 aliphatic carbocycles. The fourth-order valence-electron chi connectivity index (χ4n) is 0.996. The van der Waals surface area contributed by atoms with Crippen LogP contribution in [0.3, 0.4) is 0 Å². The van der Waals surface area contributed by atoms with Gasteiger partial charge in [0.15, 0.2) is 0 Å². The van der Waals surface area contributed by atoms with Gasteiger partial charge in [-0.3, -0.25) is 0 Å². The van der Waals surface area contributed by atoms with E-state index in [1.807, 2.05) is 6.08 Å². The zero-order chi connectivity index (χ0) is 9.07. The van der Waals surface area contributed by atoms with Crippen molar-refractivity contribution in [2.75, 3.05) is 13.4 Å². The molecule has 0 aromatic carbocycles. The van der Waals surface area contributed by atoms with Crippen LogP contribution in [-0.4, -0.2) is 18.5 Å². The lowest BCUT2D eigenvalue weighted by Crippen LogP contribution is -1.90. The molecule has 72 valence electrons. The quantitative estimate of drug-likeness (QED) is 0.346. The Labute approximate surface area is 75.2 Å². The Bertz CT molecular complexity index is 100. The molecule has 0 fully saturated rings. The molecule has 0 amide bonds. The van der Waals surface area contributed by atoms with E-state index in [-0.39, 0.29) is 6.79 Å². The molecule has 0 aromatic heterocycles. The van der Waals surface area contributed by atoms with Crippen LogP contribution in [0.2, 0.25) is 0 Å². The molecule has 0 saturated heterocycles. The van der Waals surface area contributed by atoms with Crippen LogP contribution in [0.1, 0.15) is 39.0 Å². The van der Waals surface area contributed by atoms with E-state index in [1.54, 1.807) is 0 Å². The molecule has 0 radical (unpaired) electrons. The average Bonchev–Trinajstić information content (AvgIpc) is 2.10. The Balaban J connectivity index is 2.92. The molecule has 0 aromatic rings. The van der Waals surface area contributed by atoms with Gasteiger partial charge >= 0.3 is 0 Å². The molecule has 0 saturated carbocycles. The Morgan fingerprint density at radius 2 is 2.00 bits per heavy atom. The van der Waals surface area contributed by atoms with Crippen molar-refractivity contribution in [2.45, 2.75) is 39.0 Å². The standard InChI is InChI=1S/C10H20O2/c1-2-3-4-5-6-7-8-9-12-10-11/h7-8,11H,2-6,9-10H2,1H3/b8-7-. The number of unbranched alkanes of at least 4 members (excludes halogenated alkanes) is 4. The van der Waals surface area contributed by atoms with Gasteiger partial charge in [-0.1, -0.05) is 38.3 Å². The first-order valence-electron chi connectivity index (χ1n) is 4.75. The highest BCUT2D eigenvalue weighted by atomic mass is 16.6. The topological polar surface area (TPSA) is 29.5 Å². The van der Waals surface area contributed by atoms with Gasteiger partial charge in [-0.2, -0.15) is 0 Å². The second kappa shape index (κ2) is 10.7. The van der Waals surface area contributed by atoms with E-state index in [1.165, 1.54) is 25.7 Å². The third kappa shape index (κ3) is 9.66. The molecule has 0 aliphatic rings. The first-order valence-corrected chi connectivity index (χ1v) is 4.75. The number of hydrogen-bond donors (Lipinski definition) is 1. The van der Waals surface area contributed by atoms with Gasteiger partial charge in [0.2, 0.25) is 0 Å². The van der Waals surface area contributed by atoms with Crippen molar-refractivity contribution in [1.82, 2.24) is 0 Å². The van der Waals surface area contributed by atoms with Gasteiger partial charge in [0.1, 0.15) is 6.79 Å². The zero-order valence-electron chi connectivity index (χ0n) is 7.96. The van der Waals surface area contributed by atoms with Crippen LogP contribution in [0.15, 0.2) is 12.2 Å². The molecule has 0 heterocycles. The molecule has 0 bridgehead atoms. The van der Waals surface area contributed by atoms with Gasteiger partial charge in [-0.15, -0.1) is 0 Å². The number of rotatable bonds is 8. The summed E-state index contributed by atoms with van der Waals surface area (Å²) in [5, 5.41) is 8.28. The van der Waals surface area contributed by atoms with Gasteiger partial charge in [0.05, 0.1) is 6.61 Å². The Morgan fingerprint density at radius 1 is 1.17 bits per heavy atom. The van der Waals surface area contributed by atoms with Crippen molar-refractivity contribution < 1.29 is 9.84 Å². The van der Waals surface area contributed by atoms with Crippen LogP contribution in [0.5, 0.6) is 0 Å². The van der Waals surface area contributed by atoms with Crippen molar-refractivity contribution in [1.29, 1.82) is 0 Å². The molecule has 2 nitrogen and oxygen atoms in total. The van der Waals surface area contributed by atoms with Crippen LogP contribution >= 0.6 is 0 Å². The van der Waals surface area contributed by atoms with E-state index in [0.717, 1.165) is 6.42 Å². The monoisotopic (exact) mass is 172 g/mol. The third-order valence-corrected chi connectivity index (χ3v) is 1.70. The minimum Gasteiger partial charge on any atom is -0.371 e. The van der Waals surface area contributed by atoms with E-state index < -0.39 is 0 Å². The number of allylic oxidation sites excluding steroid dienone is 1. The lowest BCUT2D eigenvalue weighted by atomic mass is 10.1. The highest BCUT2D eigenvalue weighted by Crippen LogP contribution is 2.02. The van der Waals surface area contributed by atoms with Crippen LogP contribution in [0.25, 0.3) is 0 Å². The summed E-state index contributed by atoms with van der Waals surface area (Å²) in [5.74, 6) is 0. The zero-order valence-corrected chi connectivity index (χ0v) is 7.96. The molecule has 0 atom stereocenters. The van der Waals surface area contributed by atoms with E-state index in [0.29, 0.717) is 6.61 Å². The lowest BCUT2D eigenvalue weighted by Gasteiger charge is -1.94. The first kappa shape index (κ1) is 11.7. The van der Waals surface area contributed by atoms with E-state index in [9.17, 15) is 0 Å². The minimum atomic E-state index is -0.180. The Kier molecular flexibility index (Phi) is 10.4. The Hall–Kier alpha value is -0.340. The Morgan fingerprint density at radius 3 is 2.67 bits per heavy atom. The summed E-state index contributed by atoms with van der Waals surface area (Å²) in [4.78, 5) is 0. The second-order valence-electron chi connectivity index (χ2n) is 2.82. The number of aliphatic hydroxyl groups excluding tert-OH is 1. The van der Waals surface area contributed by atoms with Crippen LogP contribution in [0.4, 0.5) is 0 Å². The maximum absolute atomic E-state index is 8.28. The van der Waals surface area contributed by atoms with Gasteiger partial charge in [-0.05, 0) is 12.8 Å². The predicted molar refractivity (Wildman–Crippen MR) is 50.9 cm³/mol. The SMILES string of the molecule is CCCCCC/C=C\COCO. The summed E-state index contributed by atoms with van der Waals surface area (Å²) >= 11 is 0. The normalized spacial score (nSPS) is 11.2. The summed E-state index contributed by atoms with van der Waals surface area (Å²) in [7, 11) is 0. The molecule has 12 heavy (non-hydrogen) atoms. The number of ether oxygens (including phenoxy) is 1. The molecule has 0 aliphatic heterocycles. The van der Waals surface area contributed by atoms with Crippen LogP contribution in [0, 0.1) is 0 Å². The van der Waals surface area contributed by atoms with Crippen molar-refractivity contribution in [3.63, 3.8) is 0 Å². The second-order valence-corrected chi connectivity index (χ2v) is 2.82. The molecule has 1 N–H and O–H groups in total. The highest BCUT2D eigenvalue weighted by Gasteiger charge is 1.83. The molecule has 0 unspecified atom stereocenters. The highest BCUT2D eigenvalue weighted by molar-refractivity contribution is 4.80. The van der Waals surface area contributed by atoms with Crippen LogP contribution < -0.4 is 0 Å². The fraction of sp³-hybridized carbons (Fsp3) is 0.800. The van der Waals surface area contributed by atoms with E-state index in [2.05, 4.69) is 13.0 Å². The minimum absolute atomic E-state index is 0.180. The average molecular weight is 172 g/mol. The van der Waals surface area contributed by atoms with Gasteiger partial charge < -0.3 is 9.84 Å². The van der Waals surface area contributed by atoms with E-state index >= 15 is 0 Å². The summed E-state index contributed by atoms with van der Waals surface area (Å²) in [5.41, 5.74) is 0. The van der Waals surface area contributed by atoms with Crippen molar-refractivity contribution in [3.8, 4) is 0 Å². The predicted octanol–water partition coefficient (Wildman–Crippen LogP) is 2.48. The molecular formula is C10H20O2. The fourth-order valence-corrected chi connectivity index (χ4v) is 0.996. The number of aliphatic hydroxyl groups is 1. The third-order valence-electron chi connectivity index (χ3n) is 1.70. The lowest BCUT2D eigenvalue weighted by molar-refractivity contribution is 0.0131. The first-order chi connectivity index (χ1) is 5.91.